The van der Waals surface area contributed by atoms with E-state index in [4.69, 9.17) is 9.57 Å². The van der Waals surface area contributed by atoms with E-state index in [1.54, 1.807) is 0 Å². The molecule has 0 unspecified atom stereocenters. The van der Waals surface area contributed by atoms with Gasteiger partial charge in [0.15, 0.2) is 11.4 Å². The number of aromatic hydroxyl groups is 1. The van der Waals surface area contributed by atoms with E-state index >= 15 is 0 Å². The van der Waals surface area contributed by atoms with Crippen molar-refractivity contribution in [3.05, 3.63) is 62.8 Å². The summed E-state index contributed by atoms with van der Waals surface area (Å²) in [4.78, 5) is 46.4. The number of oxime groups is 1. The molecule has 10 nitrogen and oxygen atoms in total. The molecule has 2 aromatic rings. The molecule has 1 fully saturated rings. The number of halogens is 3. The van der Waals surface area contributed by atoms with Crippen LogP contribution in [0.15, 0.2) is 28.3 Å². The number of nitrogens with one attached hydrogen (secondary N) is 1. The van der Waals surface area contributed by atoms with Crippen molar-refractivity contribution in [2.75, 3.05) is 6.54 Å². The van der Waals surface area contributed by atoms with Gasteiger partial charge in [-0.2, -0.15) is 0 Å². The number of hydrogen-bond acceptors (Lipinski definition) is 7. The zero-order chi connectivity index (χ0) is 26.6. The van der Waals surface area contributed by atoms with Gasteiger partial charge in [-0.3, -0.25) is 14.4 Å². The lowest BCUT2D eigenvalue weighted by atomic mass is 9.99. The highest BCUT2D eigenvalue weighted by Crippen LogP contribution is 2.45. The maximum Gasteiger partial charge on any atom is 0.299 e. The second-order valence-corrected chi connectivity index (χ2v) is 9.21. The summed E-state index contributed by atoms with van der Waals surface area (Å²) in [7, 11) is 0. The van der Waals surface area contributed by atoms with Crippen molar-refractivity contribution in [3.8, 4) is 5.75 Å². The van der Waals surface area contributed by atoms with Crippen LogP contribution in [0.3, 0.4) is 0 Å². The van der Waals surface area contributed by atoms with Crippen molar-refractivity contribution in [1.29, 1.82) is 0 Å². The van der Waals surface area contributed by atoms with Crippen LogP contribution in [0.1, 0.15) is 65.6 Å². The Kier molecular flexibility index (Phi) is 5.88. The topological polar surface area (TPSA) is 122 Å². The van der Waals surface area contributed by atoms with E-state index in [1.807, 2.05) is 13.8 Å². The molecule has 2 bridgehead atoms. The predicted molar refractivity (Wildman–Crippen MR) is 121 cm³/mol. The van der Waals surface area contributed by atoms with Crippen LogP contribution in [-0.4, -0.2) is 50.7 Å². The number of ether oxygens (including phenoxy) is 1. The number of aromatic nitrogens is 1. The fourth-order valence-electron chi connectivity index (χ4n) is 4.93. The molecular weight excluding hydrogens is 497 g/mol. The molecule has 2 N–H and O–H groups in total. The monoisotopic (exact) mass is 520 g/mol. The standard InChI is InChI=1S/C24H23F3N4O6/c1-3-18-29-37-24(36-18)5-4-11(2)30-10-17(24)31-9-14(20(32)21(33)19(31)23(30)35)22(34)28-8-13-15(26)6-12(25)7-16(13)27/h6-7,9,11,17,33H,3-5,8,10H2,1-2H3,(H,28,34)/t11-,17+,24+/m0/s1. The second kappa shape index (κ2) is 8.82. The van der Waals surface area contributed by atoms with Gasteiger partial charge in [0.1, 0.15) is 29.1 Å². The molecule has 1 aromatic heterocycles. The Hall–Kier alpha value is -4.03. The van der Waals surface area contributed by atoms with Gasteiger partial charge in [-0.05, 0) is 18.5 Å². The van der Waals surface area contributed by atoms with E-state index in [-0.39, 0.29) is 18.3 Å². The number of carbonyl (C=O) groups excluding carboxylic acids is 2. The number of pyridine rings is 1. The molecule has 13 heteroatoms. The molecule has 1 saturated heterocycles. The highest BCUT2D eigenvalue weighted by molar-refractivity contribution is 5.99. The molecule has 37 heavy (non-hydrogen) atoms. The summed E-state index contributed by atoms with van der Waals surface area (Å²) in [5, 5.41) is 17.0. The van der Waals surface area contributed by atoms with Crippen molar-refractivity contribution in [1.82, 2.24) is 14.8 Å². The summed E-state index contributed by atoms with van der Waals surface area (Å²) < 4.78 is 48.5. The number of amides is 2. The van der Waals surface area contributed by atoms with Crippen molar-refractivity contribution >= 4 is 17.7 Å². The van der Waals surface area contributed by atoms with Crippen LogP contribution < -0.4 is 10.7 Å². The summed E-state index contributed by atoms with van der Waals surface area (Å²) in [6, 6.07) is -0.133. The molecule has 3 aliphatic rings. The molecule has 3 aliphatic heterocycles. The minimum atomic E-state index is -1.35. The molecule has 196 valence electrons. The first-order valence-electron chi connectivity index (χ1n) is 11.7. The quantitative estimate of drug-likeness (QED) is 0.639. The molecule has 0 aliphatic carbocycles. The zero-order valence-corrected chi connectivity index (χ0v) is 19.9. The molecule has 0 radical (unpaired) electrons. The van der Waals surface area contributed by atoms with Crippen molar-refractivity contribution in [2.24, 2.45) is 5.16 Å². The number of carbonyl (C=O) groups is 2. The Morgan fingerprint density at radius 1 is 1.27 bits per heavy atom. The van der Waals surface area contributed by atoms with Crippen LogP contribution in [0.5, 0.6) is 5.75 Å². The third kappa shape index (κ3) is 3.89. The van der Waals surface area contributed by atoms with Crippen LogP contribution >= 0.6 is 0 Å². The van der Waals surface area contributed by atoms with Crippen molar-refractivity contribution in [2.45, 2.75) is 57.5 Å². The largest absolute Gasteiger partial charge is 0.503 e. The smallest absolute Gasteiger partial charge is 0.299 e. The molecule has 3 atom stereocenters. The maximum absolute atomic E-state index is 14.0. The Morgan fingerprint density at radius 2 is 1.97 bits per heavy atom. The van der Waals surface area contributed by atoms with Crippen LogP contribution in [0, 0.1) is 17.5 Å². The number of rotatable bonds is 4. The summed E-state index contributed by atoms with van der Waals surface area (Å²) in [5.74, 6) is -7.19. The van der Waals surface area contributed by atoms with Crippen LogP contribution in [0.25, 0.3) is 0 Å². The van der Waals surface area contributed by atoms with Gasteiger partial charge in [0.05, 0.1) is 0 Å². The Labute approximate surface area is 208 Å². The van der Waals surface area contributed by atoms with E-state index < -0.39 is 69.9 Å². The maximum atomic E-state index is 14.0. The number of fused-ring (bicyclic) bond motifs is 5. The number of nitrogens with zero attached hydrogens (tertiary/aromatic N) is 3. The predicted octanol–water partition coefficient (Wildman–Crippen LogP) is 2.55. The zero-order valence-electron chi connectivity index (χ0n) is 19.9. The van der Waals surface area contributed by atoms with Gasteiger partial charge in [-0.15, -0.1) is 0 Å². The fourth-order valence-corrected chi connectivity index (χ4v) is 4.93. The first-order chi connectivity index (χ1) is 17.6. The van der Waals surface area contributed by atoms with Gasteiger partial charge in [-0.25, -0.2) is 13.2 Å². The second-order valence-electron chi connectivity index (χ2n) is 9.21. The minimum absolute atomic E-state index is 0.0921. The van der Waals surface area contributed by atoms with Gasteiger partial charge in [-0.1, -0.05) is 6.92 Å². The Morgan fingerprint density at radius 3 is 2.62 bits per heavy atom. The summed E-state index contributed by atoms with van der Waals surface area (Å²) in [6.45, 7) is 3.04. The third-order valence-electron chi connectivity index (χ3n) is 7.00. The Bertz CT molecular complexity index is 1390. The van der Waals surface area contributed by atoms with E-state index in [2.05, 4.69) is 10.5 Å². The van der Waals surface area contributed by atoms with E-state index in [0.717, 1.165) is 6.20 Å². The normalized spacial score (nSPS) is 24.2. The SMILES string of the molecule is CCC1=NO[C@@]2(CC[C@H](C)N3C[C@H]2n2cc(C(=O)NCc4c(F)cc(F)cc4F)c(=O)c(O)c2C3=O)O1. The molecule has 0 saturated carbocycles. The lowest BCUT2D eigenvalue weighted by Crippen LogP contribution is -2.53. The number of benzene rings is 1. The van der Waals surface area contributed by atoms with Gasteiger partial charge in [0.2, 0.25) is 11.3 Å². The summed E-state index contributed by atoms with van der Waals surface area (Å²) >= 11 is 0. The van der Waals surface area contributed by atoms with Gasteiger partial charge in [0.25, 0.3) is 17.6 Å². The average Bonchev–Trinajstić information content (AvgIpc) is 3.23. The van der Waals surface area contributed by atoms with Gasteiger partial charge >= 0.3 is 0 Å². The lowest BCUT2D eigenvalue weighted by molar-refractivity contribution is -0.195. The third-order valence-corrected chi connectivity index (χ3v) is 7.00. The van der Waals surface area contributed by atoms with Crippen LogP contribution in [-0.2, 0) is 16.1 Å². The molecule has 4 heterocycles. The summed E-state index contributed by atoms with van der Waals surface area (Å²) in [5.41, 5.74) is -2.67. The molecule has 1 aromatic carbocycles. The molecule has 5 rings (SSSR count). The fraction of sp³-hybridized carbons (Fsp3) is 0.417. The van der Waals surface area contributed by atoms with E-state index in [9.17, 15) is 32.7 Å². The van der Waals surface area contributed by atoms with Gasteiger partial charge < -0.3 is 29.5 Å². The van der Waals surface area contributed by atoms with E-state index in [1.165, 1.54) is 9.47 Å². The highest BCUT2D eigenvalue weighted by Gasteiger charge is 2.56. The molecule has 2 amide bonds. The minimum Gasteiger partial charge on any atom is -0.503 e. The Balaban J connectivity index is 1.55. The average molecular weight is 520 g/mol. The van der Waals surface area contributed by atoms with Crippen molar-refractivity contribution < 1.29 is 37.4 Å². The highest BCUT2D eigenvalue weighted by atomic mass is 19.1. The van der Waals surface area contributed by atoms with Crippen LogP contribution in [0.4, 0.5) is 13.2 Å². The number of hydrogen-bond donors (Lipinski definition) is 2. The van der Waals surface area contributed by atoms with Gasteiger partial charge in [0, 0.05) is 55.9 Å². The molecule has 1 spiro atoms. The van der Waals surface area contributed by atoms with E-state index in [0.29, 0.717) is 37.3 Å². The van der Waals surface area contributed by atoms with Crippen LogP contribution in [0.2, 0.25) is 0 Å². The van der Waals surface area contributed by atoms with Crippen molar-refractivity contribution in [3.63, 3.8) is 0 Å². The summed E-state index contributed by atoms with van der Waals surface area (Å²) in [6.07, 6.45) is 2.35. The first-order valence-corrected chi connectivity index (χ1v) is 11.7. The lowest BCUT2D eigenvalue weighted by Gasteiger charge is -2.40. The first kappa shape index (κ1) is 24.7. The molecular formula is C24H23F3N4O6.